The Morgan fingerprint density at radius 3 is 2.86 bits per heavy atom. The third-order valence-corrected chi connectivity index (χ3v) is 5.10. The number of carboxylic acid groups (broad SMARTS) is 1. The fourth-order valence-electron chi connectivity index (χ4n) is 4.24. The van der Waals surface area contributed by atoms with Gasteiger partial charge >= 0.3 is 17.9 Å². The van der Waals surface area contributed by atoms with Gasteiger partial charge in [-0.1, -0.05) is 6.08 Å². The van der Waals surface area contributed by atoms with Gasteiger partial charge in [-0.2, -0.15) is 0 Å². The summed E-state index contributed by atoms with van der Waals surface area (Å²) in [6.45, 7) is 0. The number of hydrogen-bond acceptors (Lipinski definition) is 6. The van der Waals surface area contributed by atoms with Crippen molar-refractivity contribution in [2.75, 3.05) is 0 Å². The van der Waals surface area contributed by atoms with Crippen LogP contribution in [0.1, 0.15) is 25.7 Å². The minimum absolute atomic E-state index is 0.0812. The zero-order valence-electron chi connectivity index (χ0n) is 11.6. The highest BCUT2D eigenvalue weighted by atomic mass is 16.6. The van der Waals surface area contributed by atoms with Crippen molar-refractivity contribution in [2.45, 2.75) is 38.1 Å². The molecule has 0 radical (unpaired) electrons. The van der Waals surface area contributed by atoms with E-state index < -0.39 is 42.1 Å². The van der Waals surface area contributed by atoms with Crippen LogP contribution in [0.4, 0.5) is 0 Å². The first-order valence-electron chi connectivity index (χ1n) is 7.19. The number of esters is 2. The zero-order chi connectivity index (χ0) is 15.6. The molecule has 116 valence electrons. The number of fused-ring (bicyclic) bond motifs is 1. The van der Waals surface area contributed by atoms with Crippen LogP contribution in [0.25, 0.3) is 0 Å². The van der Waals surface area contributed by atoms with Crippen molar-refractivity contribution in [2.24, 2.45) is 11.3 Å². The smallest absolute Gasteiger partial charge is 0.336 e. The molecule has 2 aliphatic carbocycles. The van der Waals surface area contributed by atoms with Gasteiger partial charge in [0.05, 0.1) is 6.42 Å². The number of aliphatic hydroxyl groups excluding tert-OH is 1. The third-order valence-electron chi connectivity index (χ3n) is 5.10. The summed E-state index contributed by atoms with van der Waals surface area (Å²) in [5.41, 5.74) is -0.00777. The van der Waals surface area contributed by atoms with Crippen LogP contribution in [0.2, 0.25) is 0 Å². The van der Waals surface area contributed by atoms with Gasteiger partial charge in [-0.05, 0) is 18.4 Å². The molecular formula is C15H14O7. The summed E-state index contributed by atoms with van der Waals surface area (Å²) >= 11 is 0. The molecule has 22 heavy (non-hydrogen) atoms. The minimum atomic E-state index is -1.35. The molecule has 2 heterocycles. The Bertz CT molecular complexity index is 673. The molecule has 7 heteroatoms. The zero-order valence-corrected chi connectivity index (χ0v) is 11.6. The topological polar surface area (TPSA) is 110 Å². The summed E-state index contributed by atoms with van der Waals surface area (Å²) in [4.78, 5) is 35.7. The molecule has 0 amide bonds. The molecule has 1 fully saturated rings. The van der Waals surface area contributed by atoms with Crippen LogP contribution < -0.4 is 0 Å². The molecule has 0 saturated carbocycles. The molecule has 7 nitrogen and oxygen atoms in total. The van der Waals surface area contributed by atoms with Crippen molar-refractivity contribution in [3.8, 4) is 0 Å². The molecule has 4 aliphatic rings. The number of aliphatic hydroxyl groups is 1. The van der Waals surface area contributed by atoms with E-state index in [-0.39, 0.29) is 17.9 Å². The highest BCUT2D eigenvalue weighted by molar-refractivity contribution is 5.97. The van der Waals surface area contributed by atoms with Gasteiger partial charge in [0.15, 0.2) is 0 Å². The van der Waals surface area contributed by atoms with Crippen LogP contribution in [-0.4, -0.2) is 40.5 Å². The van der Waals surface area contributed by atoms with Gasteiger partial charge in [-0.15, -0.1) is 0 Å². The second-order valence-electron chi connectivity index (χ2n) is 6.19. The van der Waals surface area contributed by atoms with Crippen molar-refractivity contribution in [3.63, 3.8) is 0 Å². The summed E-state index contributed by atoms with van der Waals surface area (Å²) in [6.07, 6.45) is 0.686. The summed E-state index contributed by atoms with van der Waals surface area (Å²) in [6, 6.07) is 0. The van der Waals surface area contributed by atoms with Gasteiger partial charge in [0.2, 0.25) is 6.29 Å². The second kappa shape index (κ2) is 4.19. The van der Waals surface area contributed by atoms with Gasteiger partial charge in [0.25, 0.3) is 0 Å². The Hall–Kier alpha value is -2.15. The number of carbonyl (C=O) groups is 3. The number of aliphatic carboxylic acids is 1. The predicted molar refractivity (Wildman–Crippen MR) is 69.1 cm³/mol. The largest absolute Gasteiger partial charge is 0.481 e. The predicted octanol–water partition coefficient (Wildman–Crippen LogP) is 0.285. The van der Waals surface area contributed by atoms with E-state index >= 15 is 0 Å². The van der Waals surface area contributed by atoms with Crippen LogP contribution in [0.5, 0.6) is 0 Å². The molecular weight excluding hydrogens is 292 g/mol. The Kier molecular flexibility index (Phi) is 2.57. The van der Waals surface area contributed by atoms with E-state index in [0.29, 0.717) is 24.0 Å². The Labute approximate surface area is 125 Å². The summed E-state index contributed by atoms with van der Waals surface area (Å²) < 4.78 is 10.3. The van der Waals surface area contributed by atoms with E-state index in [1.807, 2.05) is 6.08 Å². The number of hydrogen-bond donors (Lipinski definition) is 2. The normalized spacial score (nSPS) is 39.0. The molecule has 0 spiro atoms. The van der Waals surface area contributed by atoms with Crippen molar-refractivity contribution in [1.29, 1.82) is 0 Å². The van der Waals surface area contributed by atoms with Crippen molar-refractivity contribution < 1.29 is 34.1 Å². The lowest BCUT2D eigenvalue weighted by Crippen LogP contribution is -2.33. The molecule has 4 bridgehead atoms. The molecule has 2 aliphatic heterocycles. The minimum Gasteiger partial charge on any atom is -0.481 e. The van der Waals surface area contributed by atoms with E-state index in [0.717, 1.165) is 0 Å². The van der Waals surface area contributed by atoms with Gasteiger partial charge in [0, 0.05) is 23.5 Å². The molecule has 0 aromatic rings. The standard InChI is InChI=1S/C15H14O7/c16-9(17)5-15-4-7-10(13(19)22-12(7)18)6-2-1-3-8(15)11(6)21-14(15)20/h3,6,11,13,19H,1-2,4-5H2,(H,16,17)/t6-,11?,13?,15+/m1/s1. The molecule has 4 rings (SSSR count). The number of rotatable bonds is 2. The van der Waals surface area contributed by atoms with E-state index in [9.17, 15) is 24.6 Å². The Balaban J connectivity index is 1.93. The number of cyclic esters (lactones) is 1. The number of carbonyl (C=O) groups excluding carboxylic acids is 2. The molecule has 1 saturated heterocycles. The quantitative estimate of drug-likeness (QED) is 0.557. The average Bonchev–Trinajstić information content (AvgIpc) is 2.83. The maximum Gasteiger partial charge on any atom is 0.336 e. The SMILES string of the molecule is O=C(O)C[C@@]12CC3=C(C(O)OC3=O)[C@H]3CCC=C1C3OC2=O. The lowest BCUT2D eigenvalue weighted by molar-refractivity contribution is -0.154. The number of carboxylic acids is 1. The fourth-order valence-corrected chi connectivity index (χ4v) is 4.24. The van der Waals surface area contributed by atoms with Crippen molar-refractivity contribution >= 4 is 17.9 Å². The first-order chi connectivity index (χ1) is 10.4. The van der Waals surface area contributed by atoms with Gasteiger partial charge in [0.1, 0.15) is 11.5 Å². The van der Waals surface area contributed by atoms with E-state index in [1.165, 1.54) is 0 Å². The van der Waals surface area contributed by atoms with Crippen LogP contribution in [0.15, 0.2) is 22.8 Å². The van der Waals surface area contributed by atoms with Crippen LogP contribution in [0.3, 0.4) is 0 Å². The monoisotopic (exact) mass is 306 g/mol. The van der Waals surface area contributed by atoms with E-state index in [1.54, 1.807) is 0 Å². The Morgan fingerprint density at radius 1 is 1.36 bits per heavy atom. The van der Waals surface area contributed by atoms with Crippen LogP contribution in [0, 0.1) is 11.3 Å². The van der Waals surface area contributed by atoms with E-state index in [2.05, 4.69) is 0 Å². The molecule has 2 N–H and O–H groups in total. The number of allylic oxidation sites excluding steroid dienone is 1. The molecule has 4 atom stereocenters. The average molecular weight is 306 g/mol. The van der Waals surface area contributed by atoms with Gasteiger partial charge < -0.3 is 19.7 Å². The molecule has 2 unspecified atom stereocenters. The Morgan fingerprint density at radius 2 is 2.14 bits per heavy atom. The van der Waals surface area contributed by atoms with Gasteiger partial charge in [-0.25, -0.2) is 4.79 Å². The molecule has 0 aromatic carbocycles. The summed E-state index contributed by atoms with van der Waals surface area (Å²) in [5, 5.41) is 19.2. The van der Waals surface area contributed by atoms with Gasteiger partial charge in [-0.3, -0.25) is 9.59 Å². The highest BCUT2D eigenvalue weighted by Gasteiger charge is 2.62. The maximum absolute atomic E-state index is 12.4. The second-order valence-corrected chi connectivity index (χ2v) is 6.19. The molecule has 0 aromatic heterocycles. The highest BCUT2D eigenvalue weighted by Crippen LogP contribution is 2.57. The lowest BCUT2D eigenvalue weighted by atomic mass is 9.71. The van der Waals surface area contributed by atoms with Crippen LogP contribution >= 0.6 is 0 Å². The van der Waals surface area contributed by atoms with E-state index in [4.69, 9.17) is 9.47 Å². The van der Waals surface area contributed by atoms with Crippen molar-refractivity contribution in [3.05, 3.63) is 22.8 Å². The fraction of sp³-hybridized carbons (Fsp3) is 0.533. The summed E-state index contributed by atoms with van der Waals surface area (Å²) in [7, 11) is 0. The first-order valence-corrected chi connectivity index (χ1v) is 7.19. The van der Waals surface area contributed by atoms with Crippen molar-refractivity contribution in [1.82, 2.24) is 0 Å². The summed E-state index contributed by atoms with van der Waals surface area (Å²) in [5.74, 6) is -2.71. The number of ether oxygens (including phenoxy) is 2. The third kappa shape index (κ3) is 1.51. The maximum atomic E-state index is 12.4. The van der Waals surface area contributed by atoms with Crippen LogP contribution in [-0.2, 0) is 23.9 Å². The lowest BCUT2D eigenvalue weighted by Gasteiger charge is -2.29. The first kappa shape index (κ1) is 13.5.